The zero-order valence-electron chi connectivity index (χ0n) is 10.6. The second kappa shape index (κ2) is 5.67. The zero-order chi connectivity index (χ0) is 14.0. The molecule has 98 valence electrons. The molecule has 0 saturated heterocycles. The van der Waals surface area contributed by atoms with Crippen molar-refractivity contribution in [3.8, 4) is 11.5 Å². The lowest BCUT2D eigenvalue weighted by Crippen LogP contribution is -2.14. The van der Waals surface area contributed by atoms with E-state index in [1.165, 1.54) is 0 Å². The van der Waals surface area contributed by atoms with E-state index in [4.69, 9.17) is 22.7 Å². The highest BCUT2D eigenvalue weighted by molar-refractivity contribution is 9.10. The number of pyridine rings is 1. The number of ether oxygens (including phenoxy) is 1. The Labute approximate surface area is 125 Å². The fourth-order valence-electron chi connectivity index (χ4n) is 1.82. The number of nitrogens with zero attached hydrogens (tertiary/aromatic N) is 1. The summed E-state index contributed by atoms with van der Waals surface area (Å²) >= 11 is 8.52. The molecule has 0 aliphatic rings. The summed E-state index contributed by atoms with van der Waals surface area (Å²) < 4.78 is 6.78. The van der Waals surface area contributed by atoms with Gasteiger partial charge < -0.3 is 10.5 Å². The van der Waals surface area contributed by atoms with Gasteiger partial charge >= 0.3 is 0 Å². The molecule has 0 amide bonds. The van der Waals surface area contributed by atoms with Crippen molar-refractivity contribution in [1.82, 2.24) is 4.98 Å². The first-order valence-corrected chi connectivity index (χ1v) is 6.89. The van der Waals surface area contributed by atoms with Crippen molar-refractivity contribution in [1.29, 1.82) is 0 Å². The van der Waals surface area contributed by atoms with E-state index in [9.17, 15) is 0 Å². The summed E-state index contributed by atoms with van der Waals surface area (Å²) in [6, 6.07) is 9.45. The average molecular weight is 337 g/mol. The van der Waals surface area contributed by atoms with Crippen molar-refractivity contribution in [2.24, 2.45) is 5.73 Å². The smallest absolute Gasteiger partial charge is 0.141 e. The number of thiocarbonyl (C=S) groups is 1. The van der Waals surface area contributed by atoms with Gasteiger partial charge in [-0.3, -0.25) is 4.98 Å². The van der Waals surface area contributed by atoms with E-state index in [0.717, 1.165) is 15.9 Å². The van der Waals surface area contributed by atoms with Crippen molar-refractivity contribution in [3.05, 3.63) is 51.8 Å². The lowest BCUT2D eigenvalue weighted by Gasteiger charge is -2.14. The van der Waals surface area contributed by atoms with E-state index in [0.29, 0.717) is 17.1 Å². The highest BCUT2D eigenvalue weighted by Crippen LogP contribution is 2.32. The van der Waals surface area contributed by atoms with E-state index in [1.54, 1.807) is 0 Å². The molecule has 0 fully saturated rings. The van der Waals surface area contributed by atoms with Crippen LogP contribution in [-0.4, -0.2) is 9.97 Å². The first-order valence-electron chi connectivity index (χ1n) is 5.69. The normalized spacial score (nSPS) is 10.3. The summed E-state index contributed by atoms with van der Waals surface area (Å²) in [4.78, 5) is 4.64. The molecule has 0 radical (unpaired) electrons. The lowest BCUT2D eigenvalue weighted by molar-refractivity contribution is 0.477. The van der Waals surface area contributed by atoms with Crippen LogP contribution in [0.15, 0.2) is 34.8 Å². The van der Waals surface area contributed by atoms with E-state index >= 15 is 0 Å². The molecule has 0 saturated carbocycles. The number of rotatable bonds is 3. The van der Waals surface area contributed by atoms with Gasteiger partial charge in [-0.2, -0.15) is 0 Å². The SMILES string of the molecule is Cc1cc(Oc2ccccc2Br)c(C(N)=S)c(C)n1. The highest BCUT2D eigenvalue weighted by atomic mass is 79.9. The Bertz CT molecular complexity index is 643. The van der Waals surface area contributed by atoms with Crippen LogP contribution in [0.4, 0.5) is 0 Å². The van der Waals surface area contributed by atoms with E-state index in [1.807, 2.05) is 44.2 Å². The molecule has 19 heavy (non-hydrogen) atoms. The number of halogens is 1. The summed E-state index contributed by atoms with van der Waals surface area (Å²) in [5.74, 6) is 1.34. The Kier molecular flexibility index (Phi) is 4.17. The molecule has 0 aliphatic carbocycles. The van der Waals surface area contributed by atoms with Crippen molar-refractivity contribution in [2.45, 2.75) is 13.8 Å². The fraction of sp³-hybridized carbons (Fsp3) is 0.143. The number of nitrogens with two attached hydrogens (primary N) is 1. The van der Waals surface area contributed by atoms with E-state index < -0.39 is 0 Å². The molecular weight excluding hydrogens is 324 g/mol. The molecule has 2 rings (SSSR count). The molecule has 1 heterocycles. The number of hydrogen-bond acceptors (Lipinski definition) is 3. The van der Waals surface area contributed by atoms with Crippen LogP contribution >= 0.6 is 28.1 Å². The van der Waals surface area contributed by atoms with Gasteiger partial charge in [-0.15, -0.1) is 0 Å². The van der Waals surface area contributed by atoms with Crippen molar-refractivity contribution < 1.29 is 4.74 Å². The minimum atomic E-state index is 0.284. The van der Waals surface area contributed by atoms with E-state index in [-0.39, 0.29) is 4.99 Å². The van der Waals surface area contributed by atoms with Crippen LogP contribution in [0.25, 0.3) is 0 Å². The van der Waals surface area contributed by atoms with Gasteiger partial charge in [0.25, 0.3) is 0 Å². The van der Waals surface area contributed by atoms with Gasteiger partial charge in [0, 0.05) is 11.8 Å². The van der Waals surface area contributed by atoms with Crippen LogP contribution in [0.3, 0.4) is 0 Å². The largest absolute Gasteiger partial charge is 0.455 e. The predicted octanol–water partition coefficient (Wildman–Crippen LogP) is 3.89. The zero-order valence-corrected chi connectivity index (χ0v) is 13.0. The Morgan fingerprint density at radius 3 is 2.58 bits per heavy atom. The van der Waals surface area contributed by atoms with Gasteiger partial charge in [0.2, 0.25) is 0 Å². The summed E-state index contributed by atoms with van der Waals surface area (Å²) in [6.07, 6.45) is 0. The average Bonchev–Trinajstić information content (AvgIpc) is 2.30. The quantitative estimate of drug-likeness (QED) is 0.864. The molecule has 1 aromatic carbocycles. The Hall–Kier alpha value is -1.46. The third-order valence-electron chi connectivity index (χ3n) is 2.60. The van der Waals surface area contributed by atoms with Gasteiger partial charge in [0.15, 0.2) is 0 Å². The van der Waals surface area contributed by atoms with Gasteiger partial charge in [0.05, 0.1) is 15.7 Å². The molecule has 0 unspecified atom stereocenters. The number of benzene rings is 1. The van der Waals surface area contributed by atoms with Crippen LogP contribution in [-0.2, 0) is 0 Å². The Morgan fingerprint density at radius 1 is 1.26 bits per heavy atom. The predicted molar refractivity (Wildman–Crippen MR) is 83.8 cm³/mol. The van der Waals surface area contributed by atoms with E-state index in [2.05, 4.69) is 20.9 Å². The molecule has 0 atom stereocenters. The number of hydrogen-bond donors (Lipinski definition) is 1. The molecule has 2 N–H and O–H groups in total. The first kappa shape index (κ1) is 14.0. The van der Waals surface area contributed by atoms with Crippen LogP contribution in [0.5, 0.6) is 11.5 Å². The molecule has 5 heteroatoms. The summed E-state index contributed by atoms with van der Waals surface area (Å²) in [7, 11) is 0. The van der Waals surface area contributed by atoms with Gasteiger partial charge in [-0.25, -0.2) is 0 Å². The molecule has 0 bridgehead atoms. The number of aryl methyl sites for hydroxylation is 2. The third-order valence-corrected chi connectivity index (χ3v) is 3.45. The molecule has 1 aromatic heterocycles. The number of aromatic nitrogens is 1. The second-order valence-corrected chi connectivity index (χ2v) is 5.41. The van der Waals surface area contributed by atoms with Crippen LogP contribution in [0.2, 0.25) is 0 Å². The number of para-hydroxylation sites is 1. The molecular formula is C14H13BrN2OS. The van der Waals surface area contributed by atoms with Crippen LogP contribution in [0, 0.1) is 13.8 Å². The fourth-order valence-corrected chi connectivity index (χ4v) is 2.43. The van der Waals surface area contributed by atoms with Gasteiger partial charge in [-0.1, -0.05) is 24.4 Å². The molecule has 3 nitrogen and oxygen atoms in total. The minimum Gasteiger partial charge on any atom is -0.455 e. The monoisotopic (exact) mass is 336 g/mol. The Balaban J connectivity index is 2.51. The van der Waals surface area contributed by atoms with Gasteiger partial charge in [0.1, 0.15) is 16.5 Å². The van der Waals surface area contributed by atoms with Crippen molar-refractivity contribution in [2.75, 3.05) is 0 Å². The van der Waals surface area contributed by atoms with Gasteiger partial charge in [-0.05, 0) is 41.9 Å². The maximum Gasteiger partial charge on any atom is 0.141 e. The maximum atomic E-state index is 5.91. The third kappa shape index (κ3) is 3.11. The van der Waals surface area contributed by atoms with Crippen molar-refractivity contribution in [3.63, 3.8) is 0 Å². The standard InChI is InChI=1S/C14H13BrN2OS/c1-8-7-12(13(14(16)19)9(2)17-8)18-11-6-4-3-5-10(11)15/h3-7H,1-2H3,(H2,16,19). The maximum absolute atomic E-state index is 5.91. The molecule has 0 aliphatic heterocycles. The summed E-state index contributed by atoms with van der Waals surface area (Å²) in [5.41, 5.74) is 8.07. The Morgan fingerprint density at radius 2 is 1.95 bits per heavy atom. The second-order valence-electron chi connectivity index (χ2n) is 4.12. The summed E-state index contributed by atoms with van der Waals surface area (Å²) in [6.45, 7) is 3.78. The first-order chi connectivity index (χ1) is 8.99. The topological polar surface area (TPSA) is 48.1 Å². The lowest BCUT2D eigenvalue weighted by atomic mass is 10.1. The minimum absolute atomic E-state index is 0.284. The molecule has 2 aromatic rings. The molecule has 0 spiro atoms. The summed E-state index contributed by atoms with van der Waals surface area (Å²) in [5, 5.41) is 0. The van der Waals surface area contributed by atoms with Crippen LogP contribution in [0.1, 0.15) is 17.0 Å². The highest BCUT2D eigenvalue weighted by Gasteiger charge is 2.14. The van der Waals surface area contributed by atoms with Crippen molar-refractivity contribution >= 4 is 33.1 Å². The van der Waals surface area contributed by atoms with Crippen LogP contribution < -0.4 is 10.5 Å².